The first-order chi connectivity index (χ1) is 11.9. The fourth-order valence-electron chi connectivity index (χ4n) is 2.83. The van der Waals surface area contributed by atoms with Crippen molar-refractivity contribution in [1.82, 2.24) is 5.32 Å². The van der Waals surface area contributed by atoms with Gasteiger partial charge in [-0.2, -0.15) is 0 Å². The van der Waals surface area contributed by atoms with Crippen molar-refractivity contribution in [1.29, 1.82) is 0 Å². The Morgan fingerprint density at radius 3 is 2.64 bits per heavy atom. The highest BCUT2D eigenvalue weighted by atomic mass is 35.5. The molecule has 1 aliphatic rings. The monoisotopic (exact) mass is 369 g/mol. The number of carbonyl (C=O) groups excluding carboxylic acids is 2. The molecule has 6 N–H and O–H groups in total. The summed E-state index contributed by atoms with van der Waals surface area (Å²) in [5.41, 5.74) is 10.9. The molecule has 7 nitrogen and oxygen atoms in total. The molecule has 0 spiro atoms. The number of rotatable bonds is 4. The Kier molecular flexibility index (Phi) is 6.58. The minimum Gasteiger partial charge on any atom is -0.370 e. The largest absolute Gasteiger partial charge is 0.370 e. The number of anilines is 1. The van der Waals surface area contributed by atoms with E-state index in [1.165, 1.54) is 12.1 Å². The summed E-state index contributed by atoms with van der Waals surface area (Å²) in [6.45, 7) is 0.400. The smallest absolute Gasteiger partial charge is 0.313 e. The average Bonchev–Trinajstić information content (AvgIpc) is 2.57. The predicted molar refractivity (Wildman–Crippen MR) is 94.6 cm³/mol. The second kappa shape index (κ2) is 8.66. The molecule has 0 bridgehead atoms. The summed E-state index contributed by atoms with van der Waals surface area (Å²) in [6, 6.07) is 3.59. The van der Waals surface area contributed by atoms with Crippen molar-refractivity contribution >= 4 is 35.1 Å². The van der Waals surface area contributed by atoms with E-state index < -0.39 is 17.6 Å². The third-order valence-electron chi connectivity index (χ3n) is 4.12. The maximum absolute atomic E-state index is 13.4. The maximum Gasteiger partial charge on any atom is 0.313 e. The molecule has 1 aromatic rings. The van der Waals surface area contributed by atoms with Crippen molar-refractivity contribution in [3.63, 3.8) is 0 Å². The predicted octanol–water partition coefficient (Wildman–Crippen LogP) is 1.37. The number of aliphatic imine (C=N–C) groups is 1. The van der Waals surface area contributed by atoms with Gasteiger partial charge in [-0.3, -0.25) is 14.6 Å². The Morgan fingerprint density at radius 1 is 1.24 bits per heavy atom. The molecule has 2 rings (SSSR count). The van der Waals surface area contributed by atoms with Gasteiger partial charge in [0.05, 0.1) is 5.02 Å². The van der Waals surface area contributed by atoms with E-state index in [9.17, 15) is 14.0 Å². The van der Waals surface area contributed by atoms with Crippen molar-refractivity contribution in [2.24, 2.45) is 22.4 Å². The second-order valence-corrected chi connectivity index (χ2v) is 6.38. The average molecular weight is 370 g/mol. The quantitative estimate of drug-likeness (QED) is 0.363. The van der Waals surface area contributed by atoms with E-state index in [4.69, 9.17) is 23.1 Å². The van der Waals surface area contributed by atoms with E-state index in [2.05, 4.69) is 15.6 Å². The molecule has 2 amide bonds. The third kappa shape index (κ3) is 5.60. The first kappa shape index (κ1) is 19.0. The van der Waals surface area contributed by atoms with E-state index in [-0.39, 0.29) is 28.6 Å². The van der Waals surface area contributed by atoms with Crippen LogP contribution in [0.25, 0.3) is 0 Å². The Hall–Kier alpha value is -2.35. The molecular formula is C16H21ClFN5O2. The Balaban J connectivity index is 1.95. The number of nitrogens with two attached hydrogens (primary N) is 2. The van der Waals surface area contributed by atoms with Gasteiger partial charge in [-0.25, -0.2) is 4.39 Å². The lowest BCUT2D eigenvalue weighted by Gasteiger charge is -2.31. The van der Waals surface area contributed by atoms with Gasteiger partial charge < -0.3 is 22.1 Å². The fraction of sp³-hybridized carbons (Fsp3) is 0.438. The standard InChI is InChI=1S/C16H21ClFN5O2/c17-11-6-5-10(7-12(11)18)22-14(24)15(25)23-13-4-2-1-3-9(13)8-21-16(19)20/h5-7,9,13H,1-4,8H2,(H,22,24)(H,23,25)(H4,19,20,21). The number of carbonyl (C=O) groups is 2. The highest BCUT2D eigenvalue weighted by Crippen LogP contribution is 2.25. The van der Waals surface area contributed by atoms with Crippen molar-refractivity contribution in [3.8, 4) is 0 Å². The molecule has 1 aliphatic carbocycles. The van der Waals surface area contributed by atoms with Crippen LogP contribution in [0.15, 0.2) is 23.2 Å². The number of nitrogens with one attached hydrogen (secondary N) is 2. The highest BCUT2D eigenvalue weighted by Gasteiger charge is 2.28. The van der Waals surface area contributed by atoms with Crippen LogP contribution in [0, 0.1) is 11.7 Å². The van der Waals surface area contributed by atoms with Crippen LogP contribution in [0.2, 0.25) is 5.02 Å². The van der Waals surface area contributed by atoms with Crippen LogP contribution in [-0.4, -0.2) is 30.4 Å². The minimum absolute atomic E-state index is 0.00171. The molecule has 0 aromatic heterocycles. The van der Waals surface area contributed by atoms with Crippen molar-refractivity contribution in [2.45, 2.75) is 31.7 Å². The summed E-state index contributed by atoms with van der Waals surface area (Å²) in [7, 11) is 0. The summed E-state index contributed by atoms with van der Waals surface area (Å²) >= 11 is 5.58. The molecule has 1 fully saturated rings. The van der Waals surface area contributed by atoms with E-state index in [1.54, 1.807) is 0 Å². The Labute approximate surface area is 150 Å². The van der Waals surface area contributed by atoms with Crippen LogP contribution in [0.5, 0.6) is 0 Å². The van der Waals surface area contributed by atoms with Crippen LogP contribution >= 0.6 is 11.6 Å². The first-order valence-corrected chi connectivity index (χ1v) is 8.37. The fourth-order valence-corrected chi connectivity index (χ4v) is 2.95. The number of benzene rings is 1. The molecule has 2 unspecified atom stereocenters. The minimum atomic E-state index is -0.868. The van der Waals surface area contributed by atoms with Crippen LogP contribution in [-0.2, 0) is 9.59 Å². The summed E-state index contributed by atoms with van der Waals surface area (Å²) in [5, 5.41) is 5.00. The van der Waals surface area contributed by atoms with Crippen molar-refractivity contribution in [2.75, 3.05) is 11.9 Å². The lowest BCUT2D eigenvalue weighted by molar-refractivity contribution is -0.137. The SMILES string of the molecule is NC(N)=NCC1CCCCC1NC(=O)C(=O)Nc1ccc(Cl)c(F)c1. The van der Waals surface area contributed by atoms with E-state index in [0.29, 0.717) is 6.54 Å². The van der Waals surface area contributed by atoms with Crippen LogP contribution in [0.4, 0.5) is 10.1 Å². The molecule has 0 aliphatic heterocycles. The number of hydrogen-bond acceptors (Lipinski definition) is 3. The van der Waals surface area contributed by atoms with Crippen LogP contribution in [0.3, 0.4) is 0 Å². The molecule has 136 valence electrons. The lowest BCUT2D eigenvalue weighted by atomic mass is 9.84. The molecular weight excluding hydrogens is 349 g/mol. The van der Waals surface area contributed by atoms with Gasteiger partial charge in [0.2, 0.25) is 0 Å². The zero-order valence-corrected chi connectivity index (χ0v) is 14.4. The summed E-state index contributed by atoms with van der Waals surface area (Å²) in [6.07, 6.45) is 3.59. The zero-order chi connectivity index (χ0) is 18.4. The summed E-state index contributed by atoms with van der Waals surface area (Å²) in [4.78, 5) is 28.1. The van der Waals surface area contributed by atoms with E-state index in [0.717, 1.165) is 31.7 Å². The Bertz CT molecular complexity index is 678. The van der Waals surface area contributed by atoms with Gasteiger partial charge in [0.15, 0.2) is 5.96 Å². The van der Waals surface area contributed by atoms with Gasteiger partial charge in [-0.1, -0.05) is 24.4 Å². The summed E-state index contributed by atoms with van der Waals surface area (Å²) < 4.78 is 13.4. The van der Waals surface area contributed by atoms with Crippen molar-refractivity contribution < 1.29 is 14.0 Å². The molecule has 1 aromatic carbocycles. The van der Waals surface area contributed by atoms with Crippen LogP contribution in [0.1, 0.15) is 25.7 Å². The van der Waals surface area contributed by atoms with Gasteiger partial charge in [0.1, 0.15) is 5.82 Å². The molecule has 0 saturated heterocycles. The molecule has 2 atom stereocenters. The number of halogens is 2. The van der Waals surface area contributed by atoms with E-state index >= 15 is 0 Å². The molecule has 0 radical (unpaired) electrons. The number of amides is 2. The normalized spacial score (nSPS) is 19.8. The number of nitrogens with zero attached hydrogens (tertiary/aromatic N) is 1. The molecule has 9 heteroatoms. The molecule has 1 saturated carbocycles. The second-order valence-electron chi connectivity index (χ2n) is 5.97. The molecule has 0 heterocycles. The molecule has 25 heavy (non-hydrogen) atoms. The summed E-state index contributed by atoms with van der Waals surface area (Å²) in [5.74, 6) is -2.26. The maximum atomic E-state index is 13.4. The topological polar surface area (TPSA) is 123 Å². The van der Waals surface area contributed by atoms with Crippen LogP contribution < -0.4 is 22.1 Å². The van der Waals surface area contributed by atoms with Gasteiger partial charge in [-0.15, -0.1) is 0 Å². The zero-order valence-electron chi connectivity index (χ0n) is 13.6. The van der Waals surface area contributed by atoms with Gasteiger partial charge in [0.25, 0.3) is 0 Å². The van der Waals surface area contributed by atoms with Gasteiger partial charge in [-0.05, 0) is 37.0 Å². The number of guanidine groups is 1. The third-order valence-corrected chi connectivity index (χ3v) is 4.42. The Morgan fingerprint density at radius 2 is 1.96 bits per heavy atom. The first-order valence-electron chi connectivity index (χ1n) is 7.99. The van der Waals surface area contributed by atoms with E-state index in [1.807, 2.05) is 0 Å². The lowest BCUT2D eigenvalue weighted by Crippen LogP contribution is -2.47. The van der Waals surface area contributed by atoms with Gasteiger partial charge in [0, 0.05) is 18.3 Å². The number of hydrogen-bond donors (Lipinski definition) is 4. The highest BCUT2D eigenvalue weighted by molar-refractivity contribution is 6.39. The van der Waals surface area contributed by atoms with Gasteiger partial charge >= 0.3 is 11.8 Å². The van der Waals surface area contributed by atoms with Crippen molar-refractivity contribution in [3.05, 3.63) is 29.0 Å².